The molecule has 2 amide bonds. The van der Waals surface area contributed by atoms with Crippen molar-refractivity contribution in [1.29, 1.82) is 0 Å². The molecule has 0 unspecified atom stereocenters. The van der Waals surface area contributed by atoms with Gasteiger partial charge in [-0.05, 0) is 17.7 Å². The van der Waals surface area contributed by atoms with Crippen LogP contribution in [-0.4, -0.2) is 62.5 Å². The van der Waals surface area contributed by atoms with Crippen molar-refractivity contribution in [2.45, 2.75) is 6.42 Å². The molecule has 0 atom stereocenters. The predicted octanol–water partition coefficient (Wildman–Crippen LogP) is 0.796. The highest BCUT2D eigenvalue weighted by Crippen LogP contribution is 2.08. The number of hydrogen-bond donors (Lipinski definition) is 1. The molecule has 6 nitrogen and oxygen atoms in total. The molecule has 0 aliphatic heterocycles. The highest BCUT2D eigenvalue weighted by molar-refractivity contribution is 5.86. The van der Waals surface area contributed by atoms with E-state index in [2.05, 4.69) is 0 Å². The molecule has 0 aliphatic rings. The number of carbonyl (C=O) groups excluding carboxylic acids is 2. The number of anilines is 1. The van der Waals surface area contributed by atoms with Crippen molar-refractivity contribution in [3.05, 3.63) is 29.8 Å². The minimum Gasteiger partial charge on any atom is -0.399 e. The number of likely N-dealkylation sites (N-methyl/N-ethyl adjacent to an activating group) is 1. The first kappa shape index (κ1) is 20.2. The topological polar surface area (TPSA) is 75.9 Å². The van der Waals surface area contributed by atoms with Crippen molar-refractivity contribution in [2.24, 2.45) is 0 Å². The van der Waals surface area contributed by atoms with Gasteiger partial charge in [0.25, 0.3) is 0 Å². The van der Waals surface area contributed by atoms with Gasteiger partial charge in [0, 0.05) is 33.4 Å². The fraction of sp³-hybridized carbons (Fsp3) is 0.467. The molecule has 0 spiro atoms. The Hall–Kier alpha value is -1.79. The lowest BCUT2D eigenvalue weighted by molar-refractivity contribution is -0.139. The molecular weight excluding hydrogens is 306 g/mol. The summed E-state index contributed by atoms with van der Waals surface area (Å²) in [6, 6.07) is 7.14. The van der Waals surface area contributed by atoms with E-state index in [4.69, 9.17) is 10.5 Å². The van der Waals surface area contributed by atoms with E-state index < -0.39 is 0 Å². The van der Waals surface area contributed by atoms with Crippen LogP contribution in [0.1, 0.15) is 5.56 Å². The van der Waals surface area contributed by atoms with Crippen molar-refractivity contribution >= 4 is 29.9 Å². The maximum atomic E-state index is 12.3. The van der Waals surface area contributed by atoms with Crippen molar-refractivity contribution in [2.75, 3.05) is 46.6 Å². The molecule has 1 aromatic carbocycles. The van der Waals surface area contributed by atoms with Gasteiger partial charge in [0.2, 0.25) is 11.8 Å². The molecule has 1 aromatic rings. The van der Waals surface area contributed by atoms with Crippen LogP contribution in [0.2, 0.25) is 0 Å². The minimum atomic E-state index is -0.114. The largest absolute Gasteiger partial charge is 0.399 e. The average molecular weight is 330 g/mol. The first-order valence-corrected chi connectivity index (χ1v) is 6.75. The zero-order valence-corrected chi connectivity index (χ0v) is 14.1. The van der Waals surface area contributed by atoms with Crippen LogP contribution < -0.4 is 5.73 Å². The van der Waals surface area contributed by atoms with Crippen LogP contribution >= 0.6 is 12.4 Å². The van der Waals surface area contributed by atoms with Crippen LogP contribution in [0.15, 0.2) is 24.3 Å². The molecule has 0 fully saturated rings. The summed E-state index contributed by atoms with van der Waals surface area (Å²) in [5.74, 6) is -0.219. The minimum absolute atomic E-state index is 0. The molecule has 0 saturated heterocycles. The van der Waals surface area contributed by atoms with Crippen LogP contribution in [0.5, 0.6) is 0 Å². The second-order valence-corrected chi connectivity index (χ2v) is 5.01. The normalized spacial score (nSPS) is 9.77. The van der Waals surface area contributed by atoms with Gasteiger partial charge in [-0.3, -0.25) is 9.59 Å². The average Bonchev–Trinajstić information content (AvgIpc) is 2.45. The number of amides is 2. The van der Waals surface area contributed by atoms with Crippen LogP contribution in [0.25, 0.3) is 0 Å². The van der Waals surface area contributed by atoms with Gasteiger partial charge in [0.15, 0.2) is 0 Å². The summed E-state index contributed by atoms with van der Waals surface area (Å²) in [6.07, 6.45) is 0.241. The van der Waals surface area contributed by atoms with Crippen LogP contribution in [-0.2, 0) is 20.7 Å². The summed E-state index contributed by atoms with van der Waals surface area (Å²) >= 11 is 0. The number of methoxy groups -OCH3 is 1. The summed E-state index contributed by atoms with van der Waals surface area (Å²) in [5, 5.41) is 0. The third-order valence-corrected chi connectivity index (χ3v) is 3.08. The standard InChI is InChI=1S/C15H23N3O3.ClH/c1-17(2)15(20)11-18(8-9-21-3)14(19)10-12-4-6-13(16)7-5-12;/h4-7H,8-11,16H2,1-3H3;1H. The van der Waals surface area contributed by atoms with Crippen LogP contribution in [0, 0.1) is 0 Å². The van der Waals surface area contributed by atoms with Gasteiger partial charge in [0.05, 0.1) is 19.6 Å². The number of nitrogen functional groups attached to an aromatic ring is 1. The smallest absolute Gasteiger partial charge is 0.241 e. The summed E-state index contributed by atoms with van der Waals surface area (Å²) < 4.78 is 5.00. The van der Waals surface area contributed by atoms with Crippen molar-refractivity contribution in [3.63, 3.8) is 0 Å². The lowest BCUT2D eigenvalue weighted by Crippen LogP contribution is -2.42. The van der Waals surface area contributed by atoms with Gasteiger partial charge in [0.1, 0.15) is 0 Å². The number of hydrogen-bond acceptors (Lipinski definition) is 4. The second kappa shape index (κ2) is 10.0. The third-order valence-electron chi connectivity index (χ3n) is 3.08. The molecule has 1 rings (SSSR count). The SMILES string of the molecule is COCCN(CC(=O)N(C)C)C(=O)Cc1ccc(N)cc1.Cl. The maximum absolute atomic E-state index is 12.3. The third kappa shape index (κ3) is 6.78. The van der Waals surface area contributed by atoms with E-state index in [0.29, 0.717) is 18.8 Å². The van der Waals surface area contributed by atoms with E-state index in [9.17, 15) is 9.59 Å². The number of carbonyl (C=O) groups is 2. The first-order valence-electron chi connectivity index (χ1n) is 6.75. The Bertz CT molecular complexity index is 477. The van der Waals surface area contributed by atoms with Crippen molar-refractivity contribution < 1.29 is 14.3 Å². The van der Waals surface area contributed by atoms with Crippen LogP contribution in [0.3, 0.4) is 0 Å². The summed E-state index contributed by atoms with van der Waals surface area (Å²) in [7, 11) is 4.90. The number of rotatable bonds is 7. The van der Waals surface area contributed by atoms with Crippen LogP contribution in [0.4, 0.5) is 5.69 Å². The van der Waals surface area contributed by atoms with Crippen molar-refractivity contribution in [1.82, 2.24) is 9.80 Å². The quantitative estimate of drug-likeness (QED) is 0.751. The Kier molecular flexibility index (Phi) is 9.21. The highest BCUT2D eigenvalue weighted by Gasteiger charge is 2.18. The summed E-state index contributed by atoms with van der Waals surface area (Å²) in [4.78, 5) is 27.1. The van der Waals surface area contributed by atoms with Gasteiger partial charge in [-0.2, -0.15) is 0 Å². The van der Waals surface area contributed by atoms with E-state index in [1.807, 2.05) is 12.1 Å². The molecule has 0 aliphatic carbocycles. The molecule has 7 heteroatoms. The number of nitrogens with zero attached hydrogens (tertiary/aromatic N) is 2. The number of nitrogens with two attached hydrogens (primary N) is 1. The second-order valence-electron chi connectivity index (χ2n) is 5.01. The van der Waals surface area contributed by atoms with Gasteiger partial charge >= 0.3 is 0 Å². The molecule has 22 heavy (non-hydrogen) atoms. The molecule has 0 radical (unpaired) electrons. The number of halogens is 1. The molecule has 0 heterocycles. The Labute approximate surface area is 137 Å². The van der Waals surface area contributed by atoms with Gasteiger partial charge in [-0.15, -0.1) is 12.4 Å². The molecular formula is C15H24ClN3O3. The number of ether oxygens (including phenoxy) is 1. The molecule has 0 aromatic heterocycles. The van der Waals surface area contributed by atoms with Gasteiger partial charge in [-0.1, -0.05) is 12.1 Å². The summed E-state index contributed by atoms with van der Waals surface area (Å²) in [6.45, 7) is 0.849. The van der Waals surface area contributed by atoms with E-state index >= 15 is 0 Å². The molecule has 0 bridgehead atoms. The van der Waals surface area contributed by atoms with Crippen molar-refractivity contribution in [3.8, 4) is 0 Å². The highest BCUT2D eigenvalue weighted by atomic mass is 35.5. The summed E-state index contributed by atoms with van der Waals surface area (Å²) in [5.41, 5.74) is 7.15. The van der Waals surface area contributed by atoms with Gasteiger partial charge in [-0.25, -0.2) is 0 Å². The maximum Gasteiger partial charge on any atom is 0.241 e. The van der Waals surface area contributed by atoms with E-state index in [1.165, 1.54) is 9.80 Å². The van der Waals surface area contributed by atoms with E-state index in [-0.39, 0.29) is 37.2 Å². The molecule has 124 valence electrons. The molecule has 0 saturated carbocycles. The van der Waals surface area contributed by atoms with E-state index in [0.717, 1.165) is 5.56 Å². The monoisotopic (exact) mass is 329 g/mol. The van der Waals surface area contributed by atoms with Gasteiger partial charge < -0.3 is 20.3 Å². The Balaban J connectivity index is 0.00000441. The Morgan fingerprint density at radius 1 is 1.14 bits per heavy atom. The zero-order valence-electron chi connectivity index (χ0n) is 13.2. The zero-order chi connectivity index (χ0) is 15.8. The molecule has 2 N–H and O–H groups in total. The lowest BCUT2D eigenvalue weighted by Gasteiger charge is -2.23. The Morgan fingerprint density at radius 2 is 1.73 bits per heavy atom. The predicted molar refractivity (Wildman–Crippen MR) is 89.0 cm³/mol. The Morgan fingerprint density at radius 3 is 2.23 bits per heavy atom. The van der Waals surface area contributed by atoms with E-state index in [1.54, 1.807) is 33.3 Å². The number of benzene rings is 1. The fourth-order valence-corrected chi connectivity index (χ4v) is 1.72. The lowest BCUT2D eigenvalue weighted by atomic mass is 10.1. The first-order chi connectivity index (χ1) is 9.93. The fourth-order valence-electron chi connectivity index (χ4n) is 1.72.